The third kappa shape index (κ3) is 2.44. The van der Waals surface area contributed by atoms with Gasteiger partial charge >= 0.3 is 0 Å². The van der Waals surface area contributed by atoms with Crippen molar-refractivity contribution in [2.45, 2.75) is 45.3 Å². The largest absolute Gasteiger partial charge is 0.391 e. The minimum atomic E-state index is -0.391. The van der Waals surface area contributed by atoms with Crippen LogP contribution in [0.2, 0.25) is 0 Å². The van der Waals surface area contributed by atoms with Gasteiger partial charge in [0, 0.05) is 19.0 Å². The molecule has 0 amide bonds. The van der Waals surface area contributed by atoms with E-state index in [9.17, 15) is 5.11 Å². The lowest BCUT2D eigenvalue weighted by Crippen LogP contribution is -2.38. The number of aliphatic hydroxyl groups excluding tert-OH is 1. The van der Waals surface area contributed by atoms with Crippen LogP contribution in [0.15, 0.2) is 6.07 Å². The fraction of sp³-hybridized carbons (Fsp3) is 0.615. The minimum Gasteiger partial charge on any atom is -0.391 e. The van der Waals surface area contributed by atoms with Crippen LogP contribution in [0.1, 0.15) is 38.2 Å². The Labute approximate surface area is 107 Å². The van der Waals surface area contributed by atoms with Crippen molar-refractivity contribution >= 4 is 5.82 Å². The summed E-state index contributed by atoms with van der Waals surface area (Å²) in [6.07, 6.45) is 2.32. The van der Waals surface area contributed by atoms with Crippen molar-refractivity contribution in [2.75, 3.05) is 11.4 Å². The van der Waals surface area contributed by atoms with Crippen LogP contribution in [0.25, 0.3) is 0 Å². The molecule has 0 saturated carbocycles. The Hall–Kier alpha value is -1.67. The summed E-state index contributed by atoms with van der Waals surface area (Å²) < 4.78 is 0. The molecule has 0 bridgehead atoms. The van der Waals surface area contributed by atoms with Gasteiger partial charge < -0.3 is 10.0 Å². The molecule has 5 heteroatoms. The topological polar surface area (TPSA) is 73.0 Å². The second-order valence-corrected chi connectivity index (χ2v) is 4.64. The van der Waals surface area contributed by atoms with Crippen LogP contribution in [0.4, 0.5) is 5.82 Å². The Bertz CT molecular complexity index is 467. The van der Waals surface area contributed by atoms with Gasteiger partial charge in [-0.2, -0.15) is 5.26 Å². The zero-order valence-electron chi connectivity index (χ0n) is 10.8. The highest BCUT2D eigenvalue weighted by molar-refractivity contribution is 5.45. The van der Waals surface area contributed by atoms with Crippen molar-refractivity contribution in [1.82, 2.24) is 9.97 Å². The Morgan fingerprint density at radius 3 is 3.00 bits per heavy atom. The number of anilines is 1. The van der Waals surface area contributed by atoms with Gasteiger partial charge in [-0.15, -0.1) is 0 Å². The molecule has 2 heterocycles. The lowest BCUT2D eigenvalue weighted by molar-refractivity contribution is 0.164. The summed E-state index contributed by atoms with van der Waals surface area (Å²) in [5, 5.41) is 18.8. The quantitative estimate of drug-likeness (QED) is 0.869. The molecule has 1 N–H and O–H groups in total. The highest BCUT2D eigenvalue weighted by atomic mass is 16.3. The van der Waals surface area contributed by atoms with Crippen molar-refractivity contribution in [3.05, 3.63) is 17.6 Å². The first-order valence-corrected chi connectivity index (χ1v) is 6.38. The van der Waals surface area contributed by atoms with Gasteiger partial charge in [0.15, 0.2) is 0 Å². The molecule has 1 aliphatic heterocycles. The number of nitriles is 1. The zero-order valence-corrected chi connectivity index (χ0v) is 10.8. The molecule has 0 spiro atoms. The average molecular weight is 246 g/mol. The van der Waals surface area contributed by atoms with Gasteiger partial charge in [-0.25, -0.2) is 9.97 Å². The highest BCUT2D eigenvalue weighted by Gasteiger charge is 2.29. The first kappa shape index (κ1) is 12.8. The van der Waals surface area contributed by atoms with Crippen LogP contribution >= 0.6 is 0 Å². The third-order valence-corrected chi connectivity index (χ3v) is 3.34. The van der Waals surface area contributed by atoms with Crippen molar-refractivity contribution in [3.8, 4) is 6.07 Å². The van der Waals surface area contributed by atoms with E-state index < -0.39 is 6.10 Å². The summed E-state index contributed by atoms with van der Waals surface area (Å²) in [4.78, 5) is 10.7. The van der Waals surface area contributed by atoms with E-state index >= 15 is 0 Å². The molecule has 5 nitrogen and oxygen atoms in total. The summed E-state index contributed by atoms with van der Waals surface area (Å²) in [7, 11) is 0. The molecular formula is C13H18N4O. The Morgan fingerprint density at radius 2 is 2.39 bits per heavy atom. The van der Waals surface area contributed by atoms with Crippen LogP contribution in [-0.2, 0) is 6.42 Å². The molecule has 0 aliphatic carbocycles. The fourth-order valence-electron chi connectivity index (χ4n) is 2.42. The summed E-state index contributed by atoms with van der Waals surface area (Å²) in [5.74, 6) is 1.45. The Kier molecular flexibility index (Phi) is 3.78. The number of hydrogen-bond acceptors (Lipinski definition) is 5. The molecule has 2 atom stereocenters. The van der Waals surface area contributed by atoms with E-state index in [4.69, 9.17) is 5.26 Å². The summed E-state index contributed by atoms with van der Waals surface area (Å²) in [6, 6.07) is 3.87. The van der Waals surface area contributed by atoms with Gasteiger partial charge in [0.25, 0.3) is 0 Å². The molecule has 18 heavy (non-hydrogen) atoms. The summed E-state index contributed by atoms with van der Waals surface area (Å²) in [6.45, 7) is 4.65. The maximum Gasteiger partial charge on any atom is 0.146 e. The van der Waals surface area contributed by atoms with Crippen molar-refractivity contribution in [1.29, 1.82) is 5.26 Å². The van der Waals surface area contributed by atoms with Crippen LogP contribution in [-0.4, -0.2) is 33.8 Å². The first-order valence-electron chi connectivity index (χ1n) is 6.38. The maximum atomic E-state index is 9.79. The highest BCUT2D eigenvalue weighted by Crippen LogP contribution is 2.26. The standard InChI is InChI=1S/C13H18N4O/c1-3-12-15-10(8-14)7-13(16-12)17-6-4-5-11(17)9(2)18/h7,9,11,18H,3-6H2,1-2H3/t9?,11-/m1/s1. The molecule has 1 aromatic heterocycles. The fourth-order valence-corrected chi connectivity index (χ4v) is 2.42. The number of aromatic nitrogens is 2. The molecule has 0 aromatic carbocycles. The molecule has 1 aromatic rings. The number of rotatable bonds is 3. The lowest BCUT2D eigenvalue weighted by atomic mass is 10.1. The van der Waals surface area contributed by atoms with Crippen LogP contribution in [0.3, 0.4) is 0 Å². The average Bonchev–Trinajstić information content (AvgIpc) is 2.87. The maximum absolute atomic E-state index is 9.79. The van der Waals surface area contributed by atoms with Crippen LogP contribution in [0.5, 0.6) is 0 Å². The predicted molar refractivity (Wildman–Crippen MR) is 68.2 cm³/mol. The minimum absolute atomic E-state index is 0.0937. The molecule has 96 valence electrons. The molecule has 1 unspecified atom stereocenters. The van der Waals surface area contributed by atoms with Gasteiger partial charge in [0.2, 0.25) is 0 Å². The van der Waals surface area contributed by atoms with Gasteiger partial charge in [0.05, 0.1) is 12.1 Å². The molecule has 0 radical (unpaired) electrons. The van der Waals surface area contributed by atoms with Crippen molar-refractivity contribution < 1.29 is 5.11 Å². The molecule has 1 aliphatic rings. The predicted octanol–water partition coefficient (Wildman–Crippen LogP) is 1.26. The number of aryl methyl sites for hydroxylation is 1. The smallest absolute Gasteiger partial charge is 0.146 e. The van der Waals surface area contributed by atoms with E-state index in [0.29, 0.717) is 17.9 Å². The Morgan fingerprint density at radius 1 is 1.61 bits per heavy atom. The molecular weight excluding hydrogens is 228 g/mol. The lowest BCUT2D eigenvalue weighted by Gasteiger charge is -2.28. The van der Waals surface area contributed by atoms with Crippen molar-refractivity contribution in [3.63, 3.8) is 0 Å². The van der Waals surface area contributed by atoms with Crippen LogP contribution in [0, 0.1) is 11.3 Å². The van der Waals surface area contributed by atoms with Crippen molar-refractivity contribution in [2.24, 2.45) is 0 Å². The molecule has 1 fully saturated rings. The summed E-state index contributed by atoms with van der Waals surface area (Å²) in [5.41, 5.74) is 0.396. The first-order chi connectivity index (χ1) is 8.65. The van der Waals surface area contributed by atoms with E-state index in [2.05, 4.69) is 20.9 Å². The van der Waals surface area contributed by atoms with E-state index in [1.807, 2.05) is 6.92 Å². The van der Waals surface area contributed by atoms with E-state index in [1.165, 1.54) is 0 Å². The van der Waals surface area contributed by atoms with Crippen LogP contribution < -0.4 is 4.90 Å². The Balaban J connectivity index is 2.35. The molecule has 1 saturated heterocycles. The van der Waals surface area contributed by atoms with E-state index in [-0.39, 0.29) is 6.04 Å². The SMILES string of the molecule is CCc1nc(C#N)cc(N2CCC[C@@H]2C(C)O)n1. The number of hydrogen-bond donors (Lipinski definition) is 1. The normalized spacial score (nSPS) is 20.8. The second kappa shape index (κ2) is 5.32. The van der Waals surface area contributed by atoms with E-state index in [0.717, 1.165) is 25.2 Å². The summed E-state index contributed by atoms with van der Waals surface area (Å²) >= 11 is 0. The van der Waals surface area contributed by atoms with Gasteiger partial charge in [-0.1, -0.05) is 6.92 Å². The molecule has 2 rings (SSSR count). The van der Waals surface area contributed by atoms with Gasteiger partial charge in [-0.05, 0) is 19.8 Å². The zero-order chi connectivity index (χ0) is 13.1. The monoisotopic (exact) mass is 246 g/mol. The third-order valence-electron chi connectivity index (χ3n) is 3.34. The van der Waals surface area contributed by atoms with Gasteiger partial charge in [-0.3, -0.25) is 0 Å². The number of nitrogens with zero attached hydrogens (tertiary/aromatic N) is 4. The van der Waals surface area contributed by atoms with Gasteiger partial charge in [0.1, 0.15) is 23.4 Å². The number of aliphatic hydroxyl groups is 1. The van der Waals surface area contributed by atoms with E-state index in [1.54, 1.807) is 13.0 Å². The second-order valence-electron chi connectivity index (χ2n) is 4.64.